The van der Waals surface area contributed by atoms with Crippen LogP contribution in [-0.2, 0) is 13.2 Å². The Morgan fingerprint density at radius 2 is 1.87 bits per heavy atom. The quantitative estimate of drug-likeness (QED) is 0.513. The molecular weight excluding hydrogens is 404 g/mol. The molecule has 0 saturated carbocycles. The molecule has 1 amide bonds. The number of hydrogen-bond acceptors (Lipinski definition) is 5. The van der Waals surface area contributed by atoms with E-state index in [9.17, 15) is 22.4 Å². The summed E-state index contributed by atoms with van der Waals surface area (Å²) in [5.41, 5.74) is -0.417. The Morgan fingerprint density at radius 3 is 2.53 bits per heavy atom. The van der Waals surface area contributed by atoms with E-state index in [1.165, 1.54) is 35.1 Å². The van der Waals surface area contributed by atoms with Crippen LogP contribution >= 0.6 is 0 Å². The highest BCUT2D eigenvalue weighted by atomic mass is 19.4. The standard InChI is InChI=1S/C19H12F4N6O/c1-29-15(6-7-25-29)18(30)28-12-3-2-10(8-11(12)20)17-24-9-14-13(27-17)4-5-16(26-14)19(21,22)23/h2-9H,1H3,(H,28,30). The van der Waals surface area contributed by atoms with Crippen LogP contribution in [0.2, 0.25) is 0 Å². The number of aromatic nitrogens is 5. The third kappa shape index (κ3) is 3.69. The van der Waals surface area contributed by atoms with E-state index in [0.717, 1.165) is 18.3 Å². The first kappa shape index (κ1) is 19.4. The second-order valence-corrected chi connectivity index (χ2v) is 6.28. The minimum Gasteiger partial charge on any atom is -0.318 e. The molecule has 152 valence electrons. The number of benzene rings is 1. The Balaban J connectivity index is 1.61. The van der Waals surface area contributed by atoms with Crippen molar-refractivity contribution in [1.82, 2.24) is 24.7 Å². The number of nitrogens with zero attached hydrogens (tertiary/aromatic N) is 5. The third-order valence-electron chi connectivity index (χ3n) is 4.26. The van der Waals surface area contributed by atoms with Crippen molar-refractivity contribution in [2.45, 2.75) is 6.18 Å². The Morgan fingerprint density at radius 1 is 1.07 bits per heavy atom. The molecule has 0 atom stereocenters. The van der Waals surface area contributed by atoms with Gasteiger partial charge in [-0.25, -0.2) is 19.3 Å². The molecule has 4 aromatic rings. The number of pyridine rings is 1. The van der Waals surface area contributed by atoms with Gasteiger partial charge in [-0.3, -0.25) is 9.48 Å². The number of rotatable bonds is 3. The van der Waals surface area contributed by atoms with Crippen LogP contribution in [0, 0.1) is 5.82 Å². The first-order valence-electron chi connectivity index (χ1n) is 8.52. The lowest BCUT2D eigenvalue weighted by Crippen LogP contribution is -2.16. The Kier molecular flexibility index (Phi) is 4.65. The zero-order valence-electron chi connectivity index (χ0n) is 15.3. The monoisotopic (exact) mass is 416 g/mol. The summed E-state index contributed by atoms with van der Waals surface area (Å²) in [4.78, 5) is 23.8. The van der Waals surface area contributed by atoms with E-state index in [1.807, 2.05) is 0 Å². The van der Waals surface area contributed by atoms with Crippen molar-refractivity contribution in [3.05, 3.63) is 66.0 Å². The molecule has 3 heterocycles. The maximum absolute atomic E-state index is 14.5. The van der Waals surface area contributed by atoms with E-state index in [4.69, 9.17) is 0 Å². The van der Waals surface area contributed by atoms with Crippen LogP contribution in [-0.4, -0.2) is 30.6 Å². The van der Waals surface area contributed by atoms with Gasteiger partial charge in [0.2, 0.25) is 0 Å². The number of hydrogen-bond donors (Lipinski definition) is 1. The van der Waals surface area contributed by atoms with Gasteiger partial charge in [-0.15, -0.1) is 0 Å². The zero-order chi connectivity index (χ0) is 21.5. The molecule has 1 aromatic carbocycles. The van der Waals surface area contributed by atoms with Gasteiger partial charge in [0.25, 0.3) is 5.91 Å². The second kappa shape index (κ2) is 7.17. The fourth-order valence-corrected chi connectivity index (χ4v) is 2.76. The maximum atomic E-state index is 14.5. The molecule has 30 heavy (non-hydrogen) atoms. The molecule has 0 bridgehead atoms. The molecule has 0 aliphatic heterocycles. The summed E-state index contributed by atoms with van der Waals surface area (Å²) in [6, 6.07) is 7.43. The number of carbonyl (C=O) groups excluding carboxylic acids is 1. The summed E-state index contributed by atoms with van der Waals surface area (Å²) in [6.45, 7) is 0. The average molecular weight is 416 g/mol. The number of anilines is 1. The van der Waals surface area contributed by atoms with Crippen molar-refractivity contribution in [3.63, 3.8) is 0 Å². The fraction of sp³-hybridized carbons (Fsp3) is 0.105. The summed E-state index contributed by atoms with van der Waals surface area (Å²) in [7, 11) is 1.58. The van der Waals surface area contributed by atoms with Crippen LogP contribution in [0.5, 0.6) is 0 Å². The second-order valence-electron chi connectivity index (χ2n) is 6.28. The summed E-state index contributed by atoms with van der Waals surface area (Å²) in [5.74, 6) is -1.15. The number of aryl methyl sites for hydroxylation is 1. The Bertz CT molecular complexity index is 1270. The maximum Gasteiger partial charge on any atom is 0.433 e. The van der Waals surface area contributed by atoms with E-state index in [-0.39, 0.29) is 33.8 Å². The first-order chi connectivity index (χ1) is 14.2. The highest BCUT2D eigenvalue weighted by molar-refractivity contribution is 6.03. The van der Waals surface area contributed by atoms with Crippen LogP contribution < -0.4 is 5.32 Å². The SMILES string of the molecule is Cn1nccc1C(=O)Nc1ccc(-c2ncc3nc(C(F)(F)F)ccc3n2)cc1F. The van der Waals surface area contributed by atoms with Crippen LogP contribution in [0.1, 0.15) is 16.2 Å². The van der Waals surface area contributed by atoms with Gasteiger partial charge in [0.05, 0.1) is 17.4 Å². The fourth-order valence-electron chi connectivity index (χ4n) is 2.76. The Labute approximate surface area is 166 Å². The van der Waals surface area contributed by atoms with E-state index in [0.29, 0.717) is 0 Å². The number of carbonyl (C=O) groups is 1. The summed E-state index contributed by atoms with van der Waals surface area (Å²) < 4.78 is 54.2. The molecule has 7 nitrogen and oxygen atoms in total. The van der Waals surface area contributed by atoms with Gasteiger partial charge in [0, 0.05) is 18.8 Å². The summed E-state index contributed by atoms with van der Waals surface area (Å²) in [5, 5.41) is 6.33. The minimum absolute atomic E-state index is 0.0332. The van der Waals surface area contributed by atoms with Gasteiger partial charge in [0.1, 0.15) is 22.7 Å². The van der Waals surface area contributed by atoms with E-state index in [2.05, 4.69) is 25.4 Å². The van der Waals surface area contributed by atoms with Crippen LogP contribution in [0.4, 0.5) is 23.2 Å². The van der Waals surface area contributed by atoms with Crippen molar-refractivity contribution in [2.75, 3.05) is 5.32 Å². The largest absolute Gasteiger partial charge is 0.433 e. The normalized spacial score (nSPS) is 11.6. The van der Waals surface area contributed by atoms with Crippen molar-refractivity contribution >= 4 is 22.6 Å². The predicted molar refractivity (Wildman–Crippen MR) is 98.9 cm³/mol. The van der Waals surface area contributed by atoms with Gasteiger partial charge >= 0.3 is 6.18 Å². The lowest BCUT2D eigenvalue weighted by molar-refractivity contribution is -0.140. The smallest absolute Gasteiger partial charge is 0.318 e. The molecule has 0 aliphatic carbocycles. The number of halogens is 4. The lowest BCUT2D eigenvalue weighted by Gasteiger charge is -2.09. The third-order valence-corrected chi connectivity index (χ3v) is 4.26. The highest BCUT2D eigenvalue weighted by Crippen LogP contribution is 2.29. The number of nitrogens with one attached hydrogen (secondary N) is 1. The zero-order valence-corrected chi connectivity index (χ0v) is 15.3. The van der Waals surface area contributed by atoms with Gasteiger partial charge in [-0.2, -0.15) is 18.3 Å². The summed E-state index contributed by atoms with van der Waals surface area (Å²) >= 11 is 0. The molecule has 4 rings (SSSR count). The van der Waals surface area contributed by atoms with Crippen molar-refractivity contribution < 1.29 is 22.4 Å². The first-order valence-corrected chi connectivity index (χ1v) is 8.52. The van der Waals surface area contributed by atoms with Crippen LogP contribution in [0.25, 0.3) is 22.4 Å². The van der Waals surface area contributed by atoms with Gasteiger partial charge in [-0.05, 0) is 36.4 Å². The molecule has 1 N–H and O–H groups in total. The lowest BCUT2D eigenvalue weighted by atomic mass is 10.1. The molecule has 0 spiro atoms. The van der Waals surface area contributed by atoms with Gasteiger partial charge < -0.3 is 5.32 Å². The molecular formula is C19H12F4N6O. The van der Waals surface area contributed by atoms with Gasteiger partial charge in [0.15, 0.2) is 5.82 Å². The van der Waals surface area contributed by atoms with Crippen LogP contribution in [0.3, 0.4) is 0 Å². The molecule has 11 heteroatoms. The van der Waals surface area contributed by atoms with Crippen molar-refractivity contribution in [3.8, 4) is 11.4 Å². The van der Waals surface area contributed by atoms with Crippen molar-refractivity contribution in [2.24, 2.45) is 7.05 Å². The van der Waals surface area contributed by atoms with Crippen molar-refractivity contribution in [1.29, 1.82) is 0 Å². The molecule has 0 unspecified atom stereocenters. The summed E-state index contributed by atoms with van der Waals surface area (Å²) in [6.07, 6.45) is -1.99. The number of alkyl halides is 3. The van der Waals surface area contributed by atoms with E-state index in [1.54, 1.807) is 7.05 Å². The van der Waals surface area contributed by atoms with Crippen LogP contribution in [0.15, 0.2) is 48.8 Å². The highest BCUT2D eigenvalue weighted by Gasteiger charge is 2.32. The van der Waals surface area contributed by atoms with E-state index < -0.39 is 23.6 Å². The molecule has 0 radical (unpaired) electrons. The molecule has 0 aliphatic rings. The molecule has 3 aromatic heterocycles. The predicted octanol–water partition coefficient (Wildman–Crippen LogP) is 3.84. The van der Waals surface area contributed by atoms with E-state index >= 15 is 0 Å². The number of fused-ring (bicyclic) bond motifs is 1. The molecule has 0 saturated heterocycles. The van der Waals surface area contributed by atoms with Gasteiger partial charge in [-0.1, -0.05) is 0 Å². The number of amides is 1. The average Bonchev–Trinajstić information content (AvgIpc) is 3.14. The minimum atomic E-state index is -4.58. The Hall–Kier alpha value is -3.89. The topological polar surface area (TPSA) is 85.6 Å². The molecule has 0 fully saturated rings.